The summed E-state index contributed by atoms with van der Waals surface area (Å²) >= 11 is 0. The summed E-state index contributed by atoms with van der Waals surface area (Å²) in [4.78, 5) is 8.64. The number of rotatable bonds is 5. The molecule has 32 heavy (non-hydrogen) atoms. The van der Waals surface area contributed by atoms with Crippen molar-refractivity contribution in [3.05, 3.63) is 77.1 Å². The van der Waals surface area contributed by atoms with Crippen molar-refractivity contribution in [1.82, 2.24) is 14.5 Å². The molecular formula is C25H23F3N4. The highest BCUT2D eigenvalue weighted by molar-refractivity contribution is 5.89. The third kappa shape index (κ3) is 3.42. The minimum atomic E-state index is -2.86. The van der Waals surface area contributed by atoms with Crippen molar-refractivity contribution < 1.29 is 13.2 Å². The maximum absolute atomic E-state index is 14.7. The van der Waals surface area contributed by atoms with E-state index in [1.807, 2.05) is 12.3 Å². The molecule has 7 heteroatoms. The van der Waals surface area contributed by atoms with Crippen LogP contribution in [0.2, 0.25) is 0 Å². The summed E-state index contributed by atoms with van der Waals surface area (Å²) in [6, 6.07) is 5.26. The minimum Gasteiger partial charge on any atom is -0.398 e. The van der Waals surface area contributed by atoms with Crippen molar-refractivity contribution >= 4 is 27.5 Å². The second-order valence-electron chi connectivity index (χ2n) is 8.41. The molecule has 0 amide bonds. The molecule has 1 aliphatic rings. The fraction of sp³-hybridized carbons (Fsp3) is 0.280. The molecule has 2 N–H and O–H groups in total. The molecule has 0 aliphatic heterocycles. The molecule has 3 heterocycles. The van der Waals surface area contributed by atoms with Gasteiger partial charge in [0.25, 0.3) is 6.43 Å². The Labute approximate surface area is 183 Å². The third-order valence-corrected chi connectivity index (χ3v) is 6.43. The molecule has 1 aromatic carbocycles. The van der Waals surface area contributed by atoms with Crippen molar-refractivity contribution in [2.24, 2.45) is 0 Å². The van der Waals surface area contributed by atoms with Crippen molar-refractivity contribution in [2.45, 2.75) is 45.1 Å². The van der Waals surface area contributed by atoms with Gasteiger partial charge in [0.2, 0.25) is 0 Å². The molecule has 4 nitrogen and oxygen atoms in total. The fourth-order valence-corrected chi connectivity index (χ4v) is 4.78. The van der Waals surface area contributed by atoms with Gasteiger partial charge in [-0.2, -0.15) is 0 Å². The van der Waals surface area contributed by atoms with Crippen LogP contribution in [0, 0.1) is 12.7 Å². The summed E-state index contributed by atoms with van der Waals surface area (Å²) in [6.45, 7) is 1.70. The van der Waals surface area contributed by atoms with E-state index in [0.717, 1.165) is 30.3 Å². The molecule has 164 valence electrons. The van der Waals surface area contributed by atoms with Crippen LogP contribution in [0.25, 0.3) is 21.8 Å². The summed E-state index contributed by atoms with van der Waals surface area (Å²) in [5, 5.41) is 1.79. The van der Waals surface area contributed by atoms with E-state index >= 15 is 0 Å². The van der Waals surface area contributed by atoms with Crippen molar-refractivity contribution in [2.75, 3.05) is 5.73 Å². The number of benzene rings is 1. The lowest BCUT2D eigenvalue weighted by atomic mass is 9.95. The molecule has 0 saturated carbocycles. The average Bonchev–Trinajstić information content (AvgIpc) is 3.40. The molecule has 3 aromatic heterocycles. The standard InChI is InChI=1S/C25H23F3N4/c1-14-12-30-13-20-16(11-19(24(27)28)23(26)22(14)20)4-2-15-3-5-17(10-15)32-9-7-18-21(29)6-8-31-25(18)32/h6-13,17,24H,2-5H2,1H3,(H2,29,31)/t17-/m0/s1. The van der Waals surface area contributed by atoms with Crippen LogP contribution in [0.1, 0.15) is 48.4 Å². The number of hydrogen-bond donors (Lipinski definition) is 1. The Morgan fingerprint density at radius 1 is 1.19 bits per heavy atom. The number of pyridine rings is 2. The van der Waals surface area contributed by atoms with Gasteiger partial charge in [-0.05, 0) is 61.9 Å². The number of fused-ring (bicyclic) bond motifs is 2. The SMILES string of the molecule is Cc1cncc2c(CCC3=C[C@@H](n4ccc5c(N)ccnc54)CC3)cc(C(F)F)c(F)c12. The first kappa shape index (κ1) is 20.5. The van der Waals surface area contributed by atoms with Crippen molar-refractivity contribution in [3.63, 3.8) is 0 Å². The number of nitrogens with two attached hydrogens (primary N) is 1. The number of aryl methyl sites for hydroxylation is 2. The van der Waals surface area contributed by atoms with Gasteiger partial charge in [0.1, 0.15) is 11.5 Å². The van der Waals surface area contributed by atoms with E-state index in [2.05, 4.69) is 20.6 Å². The van der Waals surface area contributed by atoms with Crippen LogP contribution < -0.4 is 5.73 Å². The molecule has 0 spiro atoms. The van der Waals surface area contributed by atoms with Gasteiger partial charge in [0, 0.05) is 46.6 Å². The first-order valence-electron chi connectivity index (χ1n) is 10.7. The zero-order valence-corrected chi connectivity index (χ0v) is 17.7. The van der Waals surface area contributed by atoms with Crippen LogP contribution in [0.4, 0.5) is 18.9 Å². The van der Waals surface area contributed by atoms with Gasteiger partial charge < -0.3 is 10.3 Å². The maximum atomic E-state index is 14.7. The zero-order chi connectivity index (χ0) is 22.4. The topological polar surface area (TPSA) is 56.7 Å². The van der Waals surface area contributed by atoms with Gasteiger partial charge in [0.15, 0.2) is 0 Å². The Hall–Kier alpha value is -3.35. The van der Waals surface area contributed by atoms with Gasteiger partial charge in [-0.25, -0.2) is 18.2 Å². The number of hydrogen-bond acceptors (Lipinski definition) is 3. The first-order chi connectivity index (χ1) is 15.4. The summed E-state index contributed by atoms with van der Waals surface area (Å²) in [7, 11) is 0. The lowest BCUT2D eigenvalue weighted by molar-refractivity contribution is 0.146. The second-order valence-corrected chi connectivity index (χ2v) is 8.41. The van der Waals surface area contributed by atoms with E-state index in [-0.39, 0.29) is 11.4 Å². The highest BCUT2D eigenvalue weighted by Gasteiger charge is 2.22. The number of alkyl halides is 2. The monoisotopic (exact) mass is 436 g/mol. The van der Waals surface area contributed by atoms with E-state index in [4.69, 9.17) is 5.73 Å². The Bertz CT molecular complexity index is 1360. The summed E-state index contributed by atoms with van der Waals surface area (Å²) in [6.07, 6.45) is 9.32. The Balaban J connectivity index is 1.43. The maximum Gasteiger partial charge on any atom is 0.266 e. The normalized spacial score (nSPS) is 16.4. The fourth-order valence-electron chi connectivity index (χ4n) is 4.78. The van der Waals surface area contributed by atoms with Gasteiger partial charge in [0.05, 0.1) is 11.6 Å². The number of halogens is 3. The molecule has 0 unspecified atom stereocenters. The van der Waals surface area contributed by atoms with Crippen LogP contribution in [-0.2, 0) is 6.42 Å². The summed E-state index contributed by atoms with van der Waals surface area (Å²) in [5.74, 6) is -0.843. The predicted molar refractivity (Wildman–Crippen MR) is 120 cm³/mol. The molecule has 4 aromatic rings. The third-order valence-electron chi connectivity index (χ3n) is 6.43. The summed E-state index contributed by atoms with van der Waals surface area (Å²) < 4.78 is 43.8. The molecule has 0 radical (unpaired) electrons. The molecule has 0 bridgehead atoms. The number of anilines is 1. The second kappa shape index (κ2) is 7.97. The van der Waals surface area contributed by atoms with Crippen LogP contribution in [0.3, 0.4) is 0 Å². The van der Waals surface area contributed by atoms with Gasteiger partial charge in [-0.1, -0.05) is 11.6 Å². The molecule has 1 aliphatic carbocycles. The molecule has 0 saturated heterocycles. The lowest BCUT2D eigenvalue weighted by Crippen LogP contribution is -2.03. The lowest BCUT2D eigenvalue weighted by Gasteiger charge is -2.13. The average molecular weight is 436 g/mol. The van der Waals surface area contributed by atoms with Crippen LogP contribution in [0.15, 0.2) is 54.6 Å². The largest absolute Gasteiger partial charge is 0.398 e. The smallest absolute Gasteiger partial charge is 0.266 e. The predicted octanol–water partition coefficient (Wildman–Crippen LogP) is 6.45. The van der Waals surface area contributed by atoms with Crippen LogP contribution in [-0.4, -0.2) is 14.5 Å². The van der Waals surface area contributed by atoms with Crippen LogP contribution in [0.5, 0.6) is 0 Å². The Morgan fingerprint density at radius 2 is 2.03 bits per heavy atom. The Morgan fingerprint density at radius 3 is 2.84 bits per heavy atom. The van der Waals surface area contributed by atoms with Gasteiger partial charge in [-0.15, -0.1) is 0 Å². The van der Waals surface area contributed by atoms with E-state index in [0.29, 0.717) is 28.6 Å². The number of allylic oxidation sites excluding steroid dienone is 2. The van der Waals surface area contributed by atoms with E-state index in [1.54, 1.807) is 25.4 Å². The van der Waals surface area contributed by atoms with Crippen LogP contribution >= 0.6 is 0 Å². The molecule has 0 fully saturated rings. The summed E-state index contributed by atoms with van der Waals surface area (Å²) in [5.41, 5.74) is 9.62. The highest BCUT2D eigenvalue weighted by atomic mass is 19.3. The van der Waals surface area contributed by atoms with Gasteiger partial charge >= 0.3 is 0 Å². The van der Waals surface area contributed by atoms with E-state index < -0.39 is 17.8 Å². The highest BCUT2D eigenvalue weighted by Crippen LogP contribution is 2.36. The van der Waals surface area contributed by atoms with Gasteiger partial charge in [-0.3, -0.25) is 4.98 Å². The molecule has 5 rings (SSSR count). The van der Waals surface area contributed by atoms with E-state index in [9.17, 15) is 13.2 Å². The quantitative estimate of drug-likeness (QED) is 0.366. The van der Waals surface area contributed by atoms with Crippen molar-refractivity contribution in [3.8, 4) is 0 Å². The number of nitrogens with zero attached hydrogens (tertiary/aromatic N) is 3. The van der Waals surface area contributed by atoms with E-state index in [1.165, 1.54) is 17.8 Å². The molecule has 1 atom stereocenters. The zero-order valence-electron chi connectivity index (χ0n) is 17.7. The van der Waals surface area contributed by atoms with Crippen molar-refractivity contribution in [1.29, 1.82) is 0 Å². The molecular weight excluding hydrogens is 413 g/mol. The number of nitrogen functional groups attached to an aromatic ring is 1. The first-order valence-corrected chi connectivity index (χ1v) is 10.7. The Kier molecular flexibility index (Phi) is 5.12. The number of aromatic nitrogens is 3. The minimum absolute atomic E-state index is 0.183.